The fourth-order valence-electron chi connectivity index (χ4n) is 2.24. The van der Waals surface area contributed by atoms with Crippen molar-refractivity contribution in [1.29, 1.82) is 0 Å². The van der Waals surface area contributed by atoms with E-state index in [2.05, 4.69) is 15.3 Å². The average Bonchev–Trinajstić information content (AvgIpc) is 2.48. The van der Waals surface area contributed by atoms with E-state index in [0.29, 0.717) is 24.5 Å². The van der Waals surface area contributed by atoms with Gasteiger partial charge < -0.3 is 16.0 Å². The largest absolute Gasteiger partial charge is 0.388 e. The van der Waals surface area contributed by atoms with Crippen molar-refractivity contribution in [3.8, 4) is 0 Å². The van der Waals surface area contributed by atoms with Gasteiger partial charge in [-0.25, -0.2) is 9.97 Å². The highest BCUT2D eigenvalue weighted by atomic mass is 32.1. The lowest BCUT2D eigenvalue weighted by molar-refractivity contribution is -0.131. The number of aromatic nitrogens is 2. The van der Waals surface area contributed by atoms with E-state index in [9.17, 15) is 4.79 Å². The minimum atomic E-state index is 0.179. The van der Waals surface area contributed by atoms with Crippen LogP contribution in [0.4, 0.5) is 5.82 Å². The first-order valence-electron chi connectivity index (χ1n) is 6.81. The van der Waals surface area contributed by atoms with E-state index in [1.165, 1.54) is 6.42 Å². The van der Waals surface area contributed by atoms with Gasteiger partial charge in [-0.3, -0.25) is 4.79 Å². The number of carbonyl (C=O) groups is 1. The summed E-state index contributed by atoms with van der Waals surface area (Å²) in [6, 6.07) is 0. The first-order valence-corrected chi connectivity index (χ1v) is 7.22. The molecule has 6 nitrogen and oxygen atoms in total. The zero-order chi connectivity index (χ0) is 14.4. The highest BCUT2D eigenvalue weighted by Gasteiger charge is 2.16. The maximum Gasteiger partial charge on any atom is 0.224 e. The van der Waals surface area contributed by atoms with Crippen LogP contribution in [0.3, 0.4) is 0 Å². The Kier molecular flexibility index (Phi) is 5.23. The maximum absolute atomic E-state index is 12.0. The molecule has 1 aliphatic rings. The number of hydrogen-bond donors (Lipinski definition) is 2. The summed E-state index contributed by atoms with van der Waals surface area (Å²) in [4.78, 5) is 22.4. The van der Waals surface area contributed by atoms with Gasteiger partial charge in [0.05, 0.1) is 0 Å². The smallest absolute Gasteiger partial charge is 0.224 e. The van der Waals surface area contributed by atoms with Gasteiger partial charge in [-0.2, -0.15) is 0 Å². The molecule has 0 saturated carbocycles. The second-order valence-corrected chi connectivity index (χ2v) is 5.18. The summed E-state index contributed by atoms with van der Waals surface area (Å²) >= 11 is 4.91. The number of nitrogens with two attached hydrogens (primary N) is 1. The summed E-state index contributed by atoms with van der Waals surface area (Å²) in [5.74, 6) is 0.712. The van der Waals surface area contributed by atoms with Gasteiger partial charge in [-0.05, 0) is 19.3 Å². The van der Waals surface area contributed by atoms with Crippen LogP contribution in [-0.4, -0.2) is 45.4 Å². The Morgan fingerprint density at radius 3 is 2.70 bits per heavy atom. The summed E-state index contributed by atoms with van der Waals surface area (Å²) in [7, 11) is 0. The first kappa shape index (κ1) is 14.6. The fraction of sp³-hybridized carbons (Fsp3) is 0.538. The number of nitrogens with zero attached hydrogens (tertiary/aromatic N) is 3. The summed E-state index contributed by atoms with van der Waals surface area (Å²) in [5, 5.41) is 3.08. The van der Waals surface area contributed by atoms with Crippen molar-refractivity contribution in [2.45, 2.75) is 25.7 Å². The molecule has 1 aliphatic heterocycles. The molecule has 0 atom stereocenters. The maximum atomic E-state index is 12.0. The summed E-state index contributed by atoms with van der Waals surface area (Å²) in [6.07, 6.45) is 6.98. The minimum absolute atomic E-state index is 0.179. The second-order valence-electron chi connectivity index (χ2n) is 4.74. The van der Waals surface area contributed by atoms with Gasteiger partial charge in [0.2, 0.25) is 5.91 Å². The standard InChI is InChI=1S/C13H19N5OS/c14-12(20)11-13(17-7-6-15-11)16-5-4-10(19)18-8-2-1-3-9-18/h6-7H,1-5,8-9H2,(H2,14,20)(H,16,17). The van der Waals surface area contributed by atoms with E-state index in [0.717, 1.165) is 25.9 Å². The molecule has 1 amide bonds. The molecule has 0 aromatic carbocycles. The van der Waals surface area contributed by atoms with Crippen LogP contribution >= 0.6 is 12.2 Å². The lowest BCUT2D eigenvalue weighted by Crippen LogP contribution is -2.36. The van der Waals surface area contributed by atoms with Crippen LogP contribution in [0.15, 0.2) is 12.4 Å². The molecule has 0 spiro atoms. The van der Waals surface area contributed by atoms with Crippen LogP contribution in [0.2, 0.25) is 0 Å². The Bertz CT molecular complexity index is 487. The Hall–Kier alpha value is -1.76. The van der Waals surface area contributed by atoms with Gasteiger partial charge in [0, 0.05) is 38.4 Å². The van der Waals surface area contributed by atoms with Crippen LogP contribution < -0.4 is 11.1 Å². The van der Waals surface area contributed by atoms with E-state index in [4.69, 9.17) is 18.0 Å². The van der Waals surface area contributed by atoms with Crippen LogP contribution in [0.5, 0.6) is 0 Å². The number of thiocarbonyl (C=S) groups is 1. The molecule has 1 aromatic heterocycles. The molecule has 0 aliphatic carbocycles. The van der Waals surface area contributed by atoms with Gasteiger partial charge in [-0.1, -0.05) is 12.2 Å². The average molecular weight is 293 g/mol. The van der Waals surface area contributed by atoms with Gasteiger partial charge in [0.1, 0.15) is 10.7 Å². The van der Waals surface area contributed by atoms with E-state index in [1.807, 2.05) is 4.90 Å². The third-order valence-electron chi connectivity index (χ3n) is 3.27. The normalized spacial score (nSPS) is 14.9. The molecule has 2 heterocycles. The van der Waals surface area contributed by atoms with Crippen molar-refractivity contribution in [3.05, 3.63) is 18.1 Å². The molecule has 2 rings (SSSR count). The SMILES string of the molecule is NC(=S)c1nccnc1NCCC(=O)N1CCCCC1. The van der Waals surface area contributed by atoms with Crippen molar-refractivity contribution in [3.63, 3.8) is 0 Å². The van der Waals surface area contributed by atoms with Crippen LogP contribution in [0.1, 0.15) is 31.4 Å². The van der Waals surface area contributed by atoms with E-state index < -0.39 is 0 Å². The number of likely N-dealkylation sites (tertiary alicyclic amines) is 1. The molecule has 1 aromatic rings. The highest BCUT2D eigenvalue weighted by molar-refractivity contribution is 7.80. The quantitative estimate of drug-likeness (QED) is 0.786. The van der Waals surface area contributed by atoms with Gasteiger partial charge >= 0.3 is 0 Å². The number of nitrogens with one attached hydrogen (secondary N) is 1. The lowest BCUT2D eigenvalue weighted by Gasteiger charge is -2.26. The molecule has 0 bridgehead atoms. The first-order chi connectivity index (χ1) is 9.68. The highest BCUT2D eigenvalue weighted by Crippen LogP contribution is 2.11. The zero-order valence-corrected chi connectivity index (χ0v) is 12.2. The third-order valence-corrected chi connectivity index (χ3v) is 3.47. The van der Waals surface area contributed by atoms with Crippen LogP contribution in [0, 0.1) is 0 Å². The third kappa shape index (κ3) is 3.86. The molecular formula is C13H19N5OS. The number of carbonyl (C=O) groups excluding carboxylic acids is 1. The van der Waals surface area contributed by atoms with E-state index >= 15 is 0 Å². The Balaban J connectivity index is 1.83. The number of hydrogen-bond acceptors (Lipinski definition) is 5. The van der Waals surface area contributed by atoms with Gasteiger partial charge in [-0.15, -0.1) is 0 Å². The zero-order valence-electron chi connectivity index (χ0n) is 11.3. The summed E-state index contributed by atoms with van der Waals surface area (Å²) < 4.78 is 0. The molecule has 108 valence electrons. The van der Waals surface area contributed by atoms with Gasteiger partial charge in [0.25, 0.3) is 0 Å². The van der Waals surface area contributed by atoms with Crippen molar-refractivity contribution >= 4 is 28.9 Å². The lowest BCUT2D eigenvalue weighted by atomic mass is 10.1. The van der Waals surface area contributed by atoms with Crippen LogP contribution in [0.25, 0.3) is 0 Å². The molecule has 3 N–H and O–H groups in total. The second kappa shape index (κ2) is 7.14. The van der Waals surface area contributed by atoms with Crippen molar-refractivity contribution in [1.82, 2.24) is 14.9 Å². The summed E-state index contributed by atoms with van der Waals surface area (Å²) in [5.41, 5.74) is 6.04. The van der Waals surface area contributed by atoms with Crippen molar-refractivity contribution < 1.29 is 4.79 Å². The molecule has 0 unspecified atom stereocenters. The van der Waals surface area contributed by atoms with Crippen molar-refractivity contribution in [2.24, 2.45) is 5.73 Å². The molecule has 20 heavy (non-hydrogen) atoms. The monoisotopic (exact) mass is 293 g/mol. The topological polar surface area (TPSA) is 84.1 Å². The number of amides is 1. The Morgan fingerprint density at radius 2 is 2.00 bits per heavy atom. The minimum Gasteiger partial charge on any atom is -0.388 e. The Labute approximate surface area is 123 Å². The van der Waals surface area contributed by atoms with Crippen LogP contribution in [-0.2, 0) is 4.79 Å². The fourth-order valence-corrected chi connectivity index (χ4v) is 2.39. The van der Waals surface area contributed by atoms with Gasteiger partial charge in [0.15, 0.2) is 5.82 Å². The molecular weight excluding hydrogens is 274 g/mol. The predicted molar refractivity (Wildman–Crippen MR) is 81.5 cm³/mol. The number of anilines is 1. The summed E-state index contributed by atoms with van der Waals surface area (Å²) in [6.45, 7) is 2.26. The molecule has 1 fully saturated rings. The number of piperidine rings is 1. The van der Waals surface area contributed by atoms with E-state index in [-0.39, 0.29) is 10.9 Å². The molecule has 7 heteroatoms. The number of rotatable bonds is 5. The van der Waals surface area contributed by atoms with Crippen molar-refractivity contribution in [2.75, 3.05) is 25.0 Å². The molecule has 0 radical (unpaired) electrons. The van der Waals surface area contributed by atoms with E-state index in [1.54, 1.807) is 12.4 Å². The predicted octanol–water partition coefficient (Wildman–Crippen LogP) is 0.925. The Morgan fingerprint density at radius 1 is 1.30 bits per heavy atom. The molecule has 1 saturated heterocycles.